The molecule has 1 unspecified atom stereocenters. The SMILES string of the molecule is CCCCC(CN)NC(=O)c1ccccc1NS(C)(=O)=O.Cl. The number of nitrogens with one attached hydrogen (secondary N) is 2. The minimum Gasteiger partial charge on any atom is -0.348 e. The van der Waals surface area contributed by atoms with E-state index < -0.39 is 10.0 Å². The fourth-order valence-corrected chi connectivity index (χ4v) is 2.51. The van der Waals surface area contributed by atoms with Crippen LogP contribution >= 0.6 is 12.4 Å². The minimum atomic E-state index is -3.44. The van der Waals surface area contributed by atoms with E-state index in [1.165, 1.54) is 0 Å². The molecule has 0 aliphatic heterocycles. The van der Waals surface area contributed by atoms with E-state index in [1.54, 1.807) is 24.3 Å². The molecule has 0 aromatic heterocycles. The van der Waals surface area contributed by atoms with Gasteiger partial charge in [-0.05, 0) is 18.6 Å². The molecule has 0 spiro atoms. The minimum absolute atomic E-state index is 0. The van der Waals surface area contributed by atoms with Crippen LogP contribution in [-0.4, -0.2) is 33.2 Å². The molecule has 22 heavy (non-hydrogen) atoms. The number of carbonyl (C=O) groups excluding carboxylic acids is 1. The van der Waals surface area contributed by atoms with E-state index in [9.17, 15) is 13.2 Å². The van der Waals surface area contributed by atoms with Gasteiger partial charge in [0.05, 0.1) is 17.5 Å². The van der Waals surface area contributed by atoms with Gasteiger partial charge in [-0.15, -0.1) is 12.4 Å². The highest BCUT2D eigenvalue weighted by molar-refractivity contribution is 7.92. The van der Waals surface area contributed by atoms with Gasteiger partial charge in [0.25, 0.3) is 5.91 Å². The lowest BCUT2D eigenvalue weighted by molar-refractivity contribution is 0.0936. The van der Waals surface area contributed by atoms with Gasteiger partial charge in [-0.3, -0.25) is 9.52 Å². The summed E-state index contributed by atoms with van der Waals surface area (Å²) in [6.45, 7) is 2.42. The first kappa shape index (κ1) is 20.7. The number of carbonyl (C=O) groups is 1. The van der Waals surface area contributed by atoms with Gasteiger partial charge >= 0.3 is 0 Å². The summed E-state index contributed by atoms with van der Waals surface area (Å²) in [5.41, 5.74) is 6.21. The zero-order valence-corrected chi connectivity index (χ0v) is 14.5. The van der Waals surface area contributed by atoms with Gasteiger partial charge in [-0.1, -0.05) is 31.9 Å². The van der Waals surface area contributed by atoms with Crippen LogP contribution in [0.15, 0.2) is 24.3 Å². The van der Waals surface area contributed by atoms with Crippen LogP contribution in [0.1, 0.15) is 36.5 Å². The molecule has 4 N–H and O–H groups in total. The van der Waals surface area contributed by atoms with E-state index in [2.05, 4.69) is 17.0 Å². The Hall–Kier alpha value is -1.31. The summed E-state index contributed by atoms with van der Waals surface area (Å²) in [5, 5.41) is 2.85. The molecular formula is C14H24ClN3O3S. The smallest absolute Gasteiger partial charge is 0.253 e. The van der Waals surface area contributed by atoms with Crippen LogP contribution in [0.5, 0.6) is 0 Å². The zero-order chi connectivity index (χ0) is 15.9. The monoisotopic (exact) mass is 349 g/mol. The second-order valence-corrected chi connectivity index (χ2v) is 6.72. The summed E-state index contributed by atoms with van der Waals surface area (Å²) in [5.74, 6) is -0.326. The number of amides is 1. The molecule has 0 radical (unpaired) electrons. The maximum atomic E-state index is 12.3. The Kier molecular flexibility index (Phi) is 9.08. The third-order valence-electron chi connectivity index (χ3n) is 2.99. The average molecular weight is 350 g/mol. The topological polar surface area (TPSA) is 101 Å². The summed E-state index contributed by atoms with van der Waals surface area (Å²) in [6.07, 6.45) is 3.86. The van der Waals surface area contributed by atoms with E-state index in [-0.39, 0.29) is 35.6 Å². The zero-order valence-electron chi connectivity index (χ0n) is 12.8. The Bertz CT molecular complexity index is 578. The lowest BCUT2D eigenvalue weighted by Crippen LogP contribution is -2.40. The van der Waals surface area contributed by atoms with Gasteiger partial charge in [0.15, 0.2) is 0 Å². The molecule has 0 fully saturated rings. The maximum Gasteiger partial charge on any atom is 0.253 e. The molecular weight excluding hydrogens is 326 g/mol. The van der Waals surface area contributed by atoms with Crippen molar-refractivity contribution in [3.63, 3.8) is 0 Å². The second kappa shape index (κ2) is 9.66. The molecule has 1 amide bonds. The van der Waals surface area contributed by atoms with Gasteiger partial charge in [-0.25, -0.2) is 8.42 Å². The van der Waals surface area contributed by atoms with Gasteiger partial charge in [0.2, 0.25) is 10.0 Å². The van der Waals surface area contributed by atoms with Crippen LogP contribution in [0.2, 0.25) is 0 Å². The molecule has 0 heterocycles. The lowest BCUT2D eigenvalue weighted by Gasteiger charge is -2.18. The number of halogens is 1. The van der Waals surface area contributed by atoms with Crippen LogP contribution in [0.3, 0.4) is 0 Å². The fourth-order valence-electron chi connectivity index (χ4n) is 1.93. The Balaban J connectivity index is 0.00000441. The summed E-state index contributed by atoms with van der Waals surface area (Å²) < 4.78 is 25.0. The van der Waals surface area contributed by atoms with Crippen LogP contribution in [0.4, 0.5) is 5.69 Å². The first-order valence-corrected chi connectivity index (χ1v) is 8.84. The first-order valence-electron chi connectivity index (χ1n) is 6.95. The number of unbranched alkanes of at least 4 members (excludes halogenated alkanes) is 1. The van der Waals surface area contributed by atoms with Crippen LogP contribution in [-0.2, 0) is 10.0 Å². The van der Waals surface area contributed by atoms with Gasteiger partial charge in [0.1, 0.15) is 0 Å². The number of sulfonamides is 1. The van der Waals surface area contributed by atoms with Crippen LogP contribution < -0.4 is 15.8 Å². The van der Waals surface area contributed by atoms with Gasteiger partial charge in [0, 0.05) is 12.6 Å². The van der Waals surface area contributed by atoms with Crippen molar-refractivity contribution in [3.05, 3.63) is 29.8 Å². The van der Waals surface area contributed by atoms with Crippen molar-refractivity contribution in [3.8, 4) is 0 Å². The van der Waals surface area contributed by atoms with E-state index in [0.29, 0.717) is 6.54 Å². The molecule has 126 valence electrons. The molecule has 1 rings (SSSR count). The Morgan fingerprint density at radius 3 is 2.50 bits per heavy atom. The predicted octanol–water partition coefficient (Wildman–Crippen LogP) is 1.73. The largest absolute Gasteiger partial charge is 0.348 e. The molecule has 1 atom stereocenters. The third kappa shape index (κ3) is 7.11. The van der Waals surface area contributed by atoms with Gasteiger partial charge in [-0.2, -0.15) is 0 Å². The molecule has 1 aromatic rings. The Morgan fingerprint density at radius 2 is 1.95 bits per heavy atom. The van der Waals surface area contributed by atoms with Crippen molar-refractivity contribution in [2.45, 2.75) is 32.2 Å². The highest BCUT2D eigenvalue weighted by Crippen LogP contribution is 2.16. The second-order valence-electron chi connectivity index (χ2n) is 4.97. The summed E-state index contributed by atoms with van der Waals surface area (Å²) >= 11 is 0. The molecule has 8 heteroatoms. The predicted molar refractivity (Wildman–Crippen MR) is 92.0 cm³/mol. The van der Waals surface area contributed by atoms with E-state index in [0.717, 1.165) is 25.5 Å². The lowest BCUT2D eigenvalue weighted by atomic mass is 10.1. The number of hydrogen-bond donors (Lipinski definition) is 3. The Labute approximate surface area is 138 Å². The molecule has 6 nitrogen and oxygen atoms in total. The van der Waals surface area contributed by atoms with Crippen molar-refractivity contribution in [1.29, 1.82) is 0 Å². The third-order valence-corrected chi connectivity index (χ3v) is 3.58. The number of para-hydroxylation sites is 1. The number of anilines is 1. The number of hydrogen-bond acceptors (Lipinski definition) is 4. The van der Waals surface area contributed by atoms with Crippen molar-refractivity contribution in [1.82, 2.24) is 5.32 Å². The van der Waals surface area contributed by atoms with Crippen molar-refractivity contribution in [2.75, 3.05) is 17.5 Å². The quantitative estimate of drug-likeness (QED) is 0.665. The van der Waals surface area contributed by atoms with Crippen molar-refractivity contribution in [2.24, 2.45) is 5.73 Å². The van der Waals surface area contributed by atoms with E-state index in [4.69, 9.17) is 5.73 Å². The maximum absolute atomic E-state index is 12.3. The fraction of sp³-hybridized carbons (Fsp3) is 0.500. The molecule has 0 aliphatic carbocycles. The number of nitrogens with two attached hydrogens (primary N) is 1. The number of rotatable bonds is 8. The number of benzene rings is 1. The molecule has 0 saturated carbocycles. The highest BCUT2D eigenvalue weighted by Gasteiger charge is 2.16. The van der Waals surface area contributed by atoms with Crippen molar-refractivity contribution >= 4 is 34.0 Å². The summed E-state index contributed by atoms with van der Waals surface area (Å²) in [4.78, 5) is 12.3. The first-order chi connectivity index (χ1) is 9.87. The van der Waals surface area contributed by atoms with Crippen LogP contribution in [0, 0.1) is 0 Å². The van der Waals surface area contributed by atoms with Crippen LogP contribution in [0.25, 0.3) is 0 Å². The summed E-state index contributed by atoms with van der Waals surface area (Å²) in [6, 6.07) is 6.38. The molecule has 0 saturated heterocycles. The standard InChI is InChI=1S/C14H23N3O3S.ClH/c1-3-4-7-11(10-15)16-14(18)12-8-5-6-9-13(12)17-21(2,19)20;/h5-6,8-9,11,17H,3-4,7,10,15H2,1-2H3,(H,16,18);1H. The van der Waals surface area contributed by atoms with E-state index in [1.807, 2.05) is 0 Å². The highest BCUT2D eigenvalue weighted by atomic mass is 35.5. The van der Waals surface area contributed by atoms with Gasteiger partial charge < -0.3 is 11.1 Å². The van der Waals surface area contributed by atoms with E-state index >= 15 is 0 Å². The molecule has 1 aromatic carbocycles. The van der Waals surface area contributed by atoms with Crippen molar-refractivity contribution < 1.29 is 13.2 Å². The Morgan fingerprint density at radius 1 is 1.32 bits per heavy atom. The molecule has 0 bridgehead atoms. The normalized spacial score (nSPS) is 12.1. The molecule has 0 aliphatic rings. The average Bonchev–Trinajstić information content (AvgIpc) is 2.42. The summed E-state index contributed by atoms with van der Waals surface area (Å²) in [7, 11) is -3.44.